The van der Waals surface area contributed by atoms with Crippen molar-refractivity contribution in [3.8, 4) is 0 Å². The molecule has 0 spiro atoms. The van der Waals surface area contributed by atoms with Crippen LogP contribution in [0.4, 0.5) is 0 Å². The molecule has 1 aromatic rings. The van der Waals surface area contributed by atoms with Crippen LogP contribution in [0.25, 0.3) is 0 Å². The van der Waals surface area contributed by atoms with E-state index in [9.17, 15) is 0 Å². The Morgan fingerprint density at radius 2 is 1.86 bits per heavy atom. The van der Waals surface area contributed by atoms with E-state index in [0.29, 0.717) is 5.92 Å². The fourth-order valence-electron chi connectivity index (χ4n) is 3.29. The molecule has 0 radical (unpaired) electrons. The molecule has 1 saturated heterocycles. The van der Waals surface area contributed by atoms with E-state index in [1.54, 1.807) is 0 Å². The highest BCUT2D eigenvalue weighted by Crippen LogP contribution is 2.14. The maximum atomic E-state index is 5.80. The second-order valence-electron chi connectivity index (χ2n) is 7.49. The lowest BCUT2D eigenvalue weighted by atomic mass is 10.0. The minimum absolute atomic E-state index is 0.677. The van der Waals surface area contributed by atoms with Gasteiger partial charge in [0.2, 0.25) is 0 Å². The lowest BCUT2D eigenvalue weighted by Crippen LogP contribution is -2.39. The number of benzene rings is 1. The number of ether oxygens (including phenoxy) is 2. The van der Waals surface area contributed by atoms with Gasteiger partial charge in [-0.25, -0.2) is 0 Å². The van der Waals surface area contributed by atoms with E-state index in [1.807, 2.05) is 7.05 Å². The molecular formula is C22H38N4O2. The Morgan fingerprint density at radius 3 is 2.57 bits per heavy atom. The van der Waals surface area contributed by atoms with Crippen LogP contribution in [0.5, 0.6) is 0 Å². The lowest BCUT2D eigenvalue weighted by molar-refractivity contribution is 0.0203. The van der Waals surface area contributed by atoms with Crippen molar-refractivity contribution in [3.63, 3.8) is 0 Å². The Kier molecular flexibility index (Phi) is 11.6. The Balaban J connectivity index is 1.44. The van der Waals surface area contributed by atoms with E-state index in [0.717, 1.165) is 84.2 Å². The third kappa shape index (κ3) is 10.1. The molecule has 1 aliphatic rings. The van der Waals surface area contributed by atoms with Crippen LogP contribution < -0.4 is 10.6 Å². The van der Waals surface area contributed by atoms with E-state index in [2.05, 4.69) is 57.9 Å². The van der Waals surface area contributed by atoms with Crippen molar-refractivity contribution in [2.45, 2.75) is 32.2 Å². The number of nitrogens with zero attached hydrogens (tertiary/aromatic N) is 2. The zero-order chi connectivity index (χ0) is 19.9. The topological polar surface area (TPSA) is 58.1 Å². The van der Waals surface area contributed by atoms with Gasteiger partial charge in [0.05, 0.1) is 0 Å². The predicted molar refractivity (Wildman–Crippen MR) is 116 cm³/mol. The van der Waals surface area contributed by atoms with Crippen molar-refractivity contribution < 1.29 is 9.47 Å². The average Bonchev–Trinajstić information content (AvgIpc) is 2.73. The molecule has 6 nitrogen and oxygen atoms in total. The van der Waals surface area contributed by atoms with Gasteiger partial charge in [-0.3, -0.25) is 4.99 Å². The van der Waals surface area contributed by atoms with E-state index in [-0.39, 0.29) is 0 Å². The normalized spacial score (nSPS) is 15.8. The smallest absolute Gasteiger partial charge is 0.190 e. The molecule has 0 bridgehead atoms. The van der Waals surface area contributed by atoms with Gasteiger partial charge in [0.1, 0.15) is 0 Å². The van der Waals surface area contributed by atoms with Crippen LogP contribution >= 0.6 is 0 Å². The summed E-state index contributed by atoms with van der Waals surface area (Å²) in [6.07, 6.45) is 4.34. The SMILES string of the molecule is CN=C(NCCCOCC1CCOCC1)NCCCN(C)Cc1ccccc1. The molecule has 158 valence electrons. The Labute approximate surface area is 170 Å². The minimum atomic E-state index is 0.677. The quantitative estimate of drug-likeness (QED) is 0.326. The van der Waals surface area contributed by atoms with Crippen LogP contribution in [0.1, 0.15) is 31.2 Å². The molecule has 2 rings (SSSR count). The van der Waals surface area contributed by atoms with Gasteiger partial charge in [0, 0.05) is 53.1 Å². The number of hydrogen-bond acceptors (Lipinski definition) is 4. The molecule has 2 N–H and O–H groups in total. The molecule has 6 heteroatoms. The summed E-state index contributed by atoms with van der Waals surface area (Å²) in [7, 11) is 3.99. The molecule has 0 atom stereocenters. The molecule has 1 heterocycles. The Bertz CT molecular complexity index is 533. The third-order valence-electron chi connectivity index (χ3n) is 4.98. The highest BCUT2D eigenvalue weighted by Gasteiger charge is 2.13. The molecule has 28 heavy (non-hydrogen) atoms. The fraction of sp³-hybridized carbons (Fsp3) is 0.682. The highest BCUT2D eigenvalue weighted by atomic mass is 16.5. The second kappa shape index (κ2) is 14.4. The largest absolute Gasteiger partial charge is 0.381 e. The van der Waals surface area contributed by atoms with Crippen molar-refractivity contribution >= 4 is 5.96 Å². The summed E-state index contributed by atoms with van der Waals surface area (Å²) in [5.41, 5.74) is 1.36. The summed E-state index contributed by atoms with van der Waals surface area (Å²) in [5.74, 6) is 1.55. The van der Waals surface area contributed by atoms with Gasteiger partial charge >= 0.3 is 0 Å². The minimum Gasteiger partial charge on any atom is -0.381 e. The molecule has 0 saturated carbocycles. The van der Waals surface area contributed by atoms with Crippen molar-refractivity contribution in [2.24, 2.45) is 10.9 Å². The van der Waals surface area contributed by atoms with E-state index >= 15 is 0 Å². The van der Waals surface area contributed by atoms with E-state index < -0.39 is 0 Å². The van der Waals surface area contributed by atoms with Crippen LogP contribution in [0, 0.1) is 5.92 Å². The monoisotopic (exact) mass is 390 g/mol. The van der Waals surface area contributed by atoms with Crippen LogP contribution in [-0.2, 0) is 16.0 Å². The summed E-state index contributed by atoms with van der Waals surface area (Å²) in [5, 5.41) is 6.75. The summed E-state index contributed by atoms with van der Waals surface area (Å²) < 4.78 is 11.2. The van der Waals surface area contributed by atoms with Crippen molar-refractivity contribution in [2.75, 3.05) is 60.2 Å². The second-order valence-corrected chi connectivity index (χ2v) is 7.49. The number of guanidine groups is 1. The van der Waals surface area contributed by atoms with Gasteiger partial charge in [0.25, 0.3) is 0 Å². The first-order valence-corrected chi connectivity index (χ1v) is 10.6. The summed E-state index contributed by atoms with van der Waals surface area (Å²) in [4.78, 5) is 6.64. The zero-order valence-electron chi connectivity index (χ0n) is 17.7. The number of hydrogen-bond donors (Lipinski definition) is 2. The van der Waals surface area contributed by atoms with Crippen LogP contribution in [0.2, 0.25) is 0 Å². The summed E-state index contributed by atoms with van der Waals surface area (Å²) in [6.45, 7) is 7.28. The van der Waals surface area contributed by atoms with Crippen LogP contribution in [0.3, 0.4) is 0 Å². The molecule has 1 aliphatic heterocycles. The first kappa shape index (κ1) is 22.7. The first-order valence-electron chi connectivity index (χ1n) is 10.6. The van der Waals surface area contributed by atoms with Gasteiger partial charge in [-0.2, -0.15) is 0 Å². The molecule has 0 aliphatic carbocycles. The Morgan fingerprint density at radius 1 is 1.14 bits per heavy atom. The average molecular weight is 391 g/mol. The molecule has 0 aromatic heterocycles. The zero-order valence-corrected chi connectivity index (χ0v) is 17.7. The van der Waals surface area contributed by atoms with Crippen LogP contribution in [0.15, 0.2) is 35.3 Å². The fourth-order valence-corrected chi connectivity index (χ4v) is 3.29. The molecular weight excluding hydrogens is 352 g/mol. The molecule has 0 amide bonds. The molecule has 0 unspecified atom stereocenters. The first-order chi connectivity index (χ1) is 13.8. The lowest BCUT2D eigenvalue weighted by Gasteiger charge is -2.21. The van der Waals surface area contributed by atoms with E-state index in [1.165, 1.54) is 5.56 Å². The number of nitrogens with one attached hydrogen (secondary N) is 2. The van der Waals surface area contributed by atoms with Crippen LogP contribution in [-0.4, -0.2) is 71.0 Å². The van der Waals surface area contributed by atoms with Crippen molar-refractivity contribution in [1.29, 1.82) is 0 Å². The standard InChI is InChI=1S/C22H38N4O2/c1-23-22(25-13-7-15-28-19-21-10-16-27-17-11-21)24-12-6-14-26(2)18-20-8-4-3-5-9-20/h3-5,8-9,21H,6-7,10-19H2,1-2H3,(H2,23,24,25). The molecule has 1 fully saturated rings. The summed E-state index contributed by atoms with van der Waals surface area (Å²) >= 11 is 0. The maximum Gasteiger partial charge on any atom is 0.190 e. The van der Waals surface area contributed by atoms with Crippen molar-refractivity contribution in [3.05, 3.63) is 35.9 Å². The summed E-state index contributed by atoms with van der Waals surface area (Å²) in [6, 6.07) is 10.6. The highest BCUT2D eigenvalue weighted by molar-refractivity contribution is 5.79. The maximum absolute atomic E-state index is 5.80. The van der Waals surface area contributed by atoms with E-state index in [4.69, 9.17) is 9.47 Å². The van der Waals surface area contributed by atoms with Gasteiger partial charge in [-0.1, -0.05) is 30.3 Å². The Hall–Kier alpha value is -1.63. The van der Waals surface area contributed by atoms with Crippen molar-refractivity contribution in [1.82, 2.24) is 15.5 Å². The third-order valence-corrected chi connectivity index (χ3v) is 4.98. The van der Waals surface area contributed by atoms with Gasteiger partial charge < -0.3 is 25.0 Å². The number of aliphatic imine (C=N–C) groups is 1. The van der Waals surface area contributed by atoms with Gasteiger partial charge in [-0.05, 0) is 50.8 Å². The van der Waals surface area contributed by atoms with Gasteiger partial charge in [-0.15, -0.1) is 0 Å². The molecule has 1 aromatic carbocycles. The predicted octanol–water partition coefficient (Wildman–Crippen LogP) is 2.51. The number of rotatable bonds is 12. The van der Waals surface area contributed by atoms with Gasteiger partial charge in [0.15, 0.2) is 5.96 Å².